The lowest BCUT2D eigenvalue weighted by molar-refractivity contribution is 0.635. The molecular weight excluding hydrogens is 1850 g/mol. The lowest BCUT2D eigenvalue weighted by atomic mass is 9.99. The average molecular weight is 1950 g/mol. The van der Waals surface area contributed by atoms with Crippen LogP contribution in [0, 0.1) is 0 Å². The predicted molar refractivity (Wildman–Crippen MR) is 633 cm³/mol. The maximum absolute atomic E-state index is 7.21. The summed E-state index contributed by atoms with van der Waals surface area (Å²) in [7, 11) is -6.72. The molecule has 25 aromatic rings. The first-order valence-electron chi connectivity index (χ1n) is 51.0. The van der Waals surface area contributed by atoms with E-state index in [0.29, 0.717) is 0 Å². The van der Waals surface area contributed by atoms with E-state index in [0.717, 1.165) is 147 Å². The van der Waals surface area contributed by atoms with E-state index < -0.39 is 24.2 Å². The summed E-state index contributed by atoms with van der Waals surface area (Å²) in [6.45, 7) is 14.9. The normalized spacial score (nSPS) is 13.0. The molecule has 0 saturated carbocycles. The highest BCUT2D eigenvalue weighted by Crippen LogP contribution is 2.54. The van der Waals surface area contributed by atoms with Gasteiger partial charge in [-0.05, 0) is 242 Å². The Labute approximate surface area is 864 Å². The van der Waals surface area contributed by atoms with Gasteiger partial charge in [0.15, 0.2) is 0 Å². The quantitative estimate of drug-likeness (QED) is 0.0782. The molecule has 28 rings (SSSR count). The van der Waals surface area contributed by atoms with E-state index in [1.165, 1.54) is 96.9 Å². The molecule has 0 saturated heterocycles. The van der Waals surface area contributed by atoms with Gasteiger partial charge in [-0.1, -0.05) is 361 Å². The van der Waals surface area contributed by atoms with Crippen molar-refractivity contribution in [1.82, 2.24) is 0 Å². The number of anilines is 18. The summed E-state index contributed by atoms with van der Waals surface area (Å²) in [5.41, 5.74) is 27.1. The Kier molecular flexibility index (Phi) is 22.5. The molecule has 0 N–H and O–H groups in total. The minimum absolute atomic E-state index is 0.944. The second kappa shape index (κ2) is 37.0. The third-order valence-corrected chi connectivity index (χ3v) is 40.8. The van der Waals surface area contributed by atoms with Gasteiger partial charge >= 0.3 is 0 Å². The first kappa shape index (κ1) is 90.0. The van der Waals surface area contributed by atoms with E-state index >= 15 is 0 Å². The molecule has 0 unspecified atom stereocenters. The minimum Gasteiger partial charge on any atom is -0.456 e. The van der Waals surface area contributed by atoms with Crippen molar-refractivity contribution in [3.05, 3.63) is 522 Å². The fourth-order valence-electron chi connectivity index (χ4n) is 23.7. The predicted octanol–water partition coefficient (Wildman–Crippen LogP) is 35.1. The van der Waals surface area contributed by atoms with Gasteiger partial charge in [-0.2, -0.15) is 0 Å². The SMILES string of the molecule is C[Si]1(C)c2cc(N(c3ccccc3)c3ccccc3)c3ccccc3c2-c2oc3c(cc(N(c4ccccc4)c4ccccc4)c4ccccc43)c21.C[Si]1(C)c2cc(N(c3ccccc3)c3ccccc3)c3ccccc3c2-c2oc3ccc(N(c4ccccc4)c4ccccc4)cc3c21.C[Si]1(C)c2ccc(N(c3ccccc3)c3ccccc3)cc2-c2oc3c(cc(N(c4ccccc4)c4ccccc4)c4ccccc43)c21. The van der Waals surface area contributed by atoms with Crippen LogP contribution in [0.25, 0.3) is 110 Å². The van der Waals surface area contributed by atoms with Crippen molar-refractivity contribution in [2.75, 3.05) is 29.4 Å². The third-order valence-electron chi connectivity index (χ3n) is 30.3. The molecule has 0 radical (unpaired) electrons. The monoisotopic (exact) mass is 1950 g/mol. The summed E-state index contributed by atoms with van der Waals surface area (Å²) in [5, 5.41) is 21.5. The average Bonchev–Trinajstić information content (AvgIpc) is 1.52. The highest BCUT2D eigenvalue weighted by atomic mass is 28.3. The molecule has 148 heavy (non-hydrogen) atoms. The summed E-state index contributed by atoms with van der Waals surface area (Å²) in [6, 6.07) is 187. The van der Waals surface area contributed by atoms with Crippen LogP contribution in [0.5, 0.6) is 0 Å². The number of nitrogens with zero attached hydrogens (tertiary/aromatic N) is 6. The molecule has 0 fully saturated rings. The topological polar surface area (TPSA) is 58.9 Å². The van der Waals surface area contributed by atoms with Crippen LogP contribution >= 0.6 is 0 Å². The zero-order valence-electron chi connectivity index (χ0n) is 83.1. The highest BCUT2D eigenvalue weighted by Gasteiger charge is 2.48. The van der Waals surface area contributed by atoms with E-state index in [9.17, 15) is 0 Å². The van der Waals surface area contributed by atoms with Crippen molar-refractivity contribution in [3.8, 4) is 34.0 Å². The van der Waals surface area contributed by atoms with Crippen molar-refractivity contribution in [1.29, 1.82) is 0 Å². The lowest BCUT2D eigenvalue weighted by Gasteiger charge is -2.29. The Morgan fingerprint density at radius 3 is 0.689 bits per heavy atom. The van der Waals surface area contributed by atoms with Gasteiger partial charge in [0.1, 0.15) is 58.3 Å². The van der Waals surface area contributed by atoms with Crippen molar-refractivity contribution < 1.29 is 13.3 Å². The maximum atomic E-state index is 7.21. The smallest absolute Gasteiger partial charge is 0.142 e. The summed E-state index contributed by atoms with van der Waals surface area (Å²) < 4.78 is 21.2. The summed E-state index contributed by atoms with van der Waals surface area (Å²) in [6.07, 6.45) is 0. The van der Waals surface area contributed by atoms with Gasteiger partial charge in [0.05, 0.1) is 22.7 Å². The van der Waals surface area contributed by atoms with E-state index in [2.05, 4.69) is 590 Å². The molecule has 0 aliphatic carbocycles. The highest BCUT2D eigenvalue weighted by molar-refractivity contribution is 7.06. The zero-order valence-corrected chi connectivity index (χ0v) is 86.1. The minimum atomic E-state index is -2.33. The van der Waals surface area contributed by atoms with Crippen LogP contribution in [0.1, 0.15) is 0 Å². The summed E-state index contributed by atoms with van der Waals surface area (Å²) in [4.78, 5) is 14.3. The molecule has 12 heteroatoms. The molecular formula is C136H104N6O3Si3. The van der Waals surface area contributed by atoms with Gasteiger partial charge < -0.3 is 42.7 Å². The largest absolute Gasteiger partial charge is 0.456 e. The fraction of sp³-hybridized carbons (Fsp3) is 0.0441. The van der Waals surface area contributed by atoms with Crippen LogP contribution in [-0.4, -0.2) is 24.2 Å². The van der Waals surface area contributed by atoms with Crippen molar-refractivity contribution >= 4 is 234 Å². The Morgan fingerprint density at radius 1 is 0.155 bits per heavy atom. The van der Waals surface area contributed by atoms with E-state index in [4.69, 9.17) is 13.3 Å². The van der Waals surface area contributed by atoms with Crippen LogP contribution in [0.15, 0.2) is 535 Å². The Bertz CT molecular complexity index is 9070. The van der Waals surface area contributed by atoms with Gasteiger partial charge in [-0.25, -0.2) is 0 Å². The first-order chi connectivity index (χ1) is 72.8. The summed E-state index contributed by atoms with van der Waals surface area (Å²) >= 11 is 0. The number of benzene rings is 22. The molecule has 0 atom stereocenters. The van der Waals surface area contributed by atoms with Crippen LogP contribution in [0.4, 0.5) is 102 Å². The number of para-hydroxylation sites is 12. The van der Waals surface area contributed by atoms with Crippen molar-refractivity contribution in [2.45, 2.75) is 39.3 Å². The van der Waals surface area contributed by atoms with Crippen molar-refractivity contribution in [2.24, 2.45) is 0 Å². The van der Waals surface area contributed by atoms with Crippen LogP contribution in [-0.2, 0) is 0 Å². The number of hydrogen-bond donors (Lipinski definition) is 0. The molecule has 0 amide bonds. The molecule has 0 spiro atoms. The number of fused-ring (bicyclic) bond motifs is 23. The van der Waals surface area contributed by atoms with Crippen LogP contribution in [0.2, 0.25) is 39.3 Å². The molecule has 6 heterocycles. The van der Waals surface area contributed by atoms with Gasteiger partial charge in [-0.15, -0.1) is 0 Å². The molecule has 3 aliphatic heterocycles. The van der Waals surface area contributed by atoms with Crippen LogP contribution < -0.4 is 60.5 Å². The van der Waals surface area contributed by atoms with Crippen LogP contribution in [0.3, 0.4) is 0 Å². The first-order valence-corrected chi connectivity index (χ1v) is 60.0. The molecule has 3 aromatic heterocycles. The number of furan rings is 3. The Morgan fingerprint density at radius 2 is 0.378 bits per heavy atom. The van der Waals surface area contributed by atoms with Gasteiger partial charge in [-0.3, -0.25) is 0 Å². The lowest BCUT2D eigenvalue weighted by Crippen LogP contribution is -2.49. The van der Waals surface area contributed by atoms with E-state index in [1.54, 1.807) is 0 Å². The van der Waals surface area contributed by atoms with Gasteiger partial charge in [0.2, 0.25) is 0 Å². The maximum Gasteiger partial charge on any atom is 0.142 e. The van der Waals surface area contributed by atoms with E-state index in [1.807, 2.05) is 0 Å². The summed E-state index contributed by atoms with van der Waals surface area (Å²) in [5.74, 6) is 3.09. The molecule has 0 bridgehead atoms. The molecule has 9 nitrogen and oxygen atoms in total. The second-order valence-corrected chi connectivity index (χ2v) is 53.0. The van der Waals surface area contributed by atoms with Gasteiger partial charge in [0, 0.05) is 145 Å². The molecule has 3 aliphatic rings. The van der Waals surface area contributed by atoms with E-state index in [-0.39, 0.29) is 0 Å². The Hall–Kier alpha value is -18.0. The van der Waals surface area contributed by atoms with Crippen molar-refractivity contribution in [3.63, 3.8) is 0 Å². The number of hydrogen-bond acceptors (Lipinski definition) is 9. The standard InChI is InChI=1S/C48H36N2OSi.2C44H34N2OSi/c1-52(2)44-32-43(50(35-23-11-5-12-24-35)36-25-13-6-14-26-36)37-27-15-17-29-39(37)45(44)47-48(52)41-31-42(38-28-16-18-30-40(38)46(41)51-47)49(33-19-7-3-8-20-33)34-21-9-4-10-22-34;1-48(2)41-28-27-35(45(31-17-7-3-8-18-31)32-19-9-4-10-20-32)29-38(41)43-44(48)39-30-40(36-25-15-16-26-37(36)42(39)47-43)46(33-21-11-5-12-22-33)34-23-13-6-14-24-34;1-48(2)41-30-39(46(33-21-11-5-12-22-33)34-23-13-6-14-24-34)36-25-15-16-26-37(36)42(41)43-44(48)38-29-35(27-28-40(38)47-43)45(31-17-7-3-8-18-31)32-19-9-4-10-20-32/h3-32H,1-2H3;2*3-30H,1-2H3. The van der Waals surface area contributed by atoms with Gasteiger partial charge in [0.25, 0.3) is 0 Å². The second-order valence-electron chi connectivity index (χ2n) is 40.1. The number of rotatable bonds is 18. The molecule has 22 aromatic carbocycles. The Balaban J connectivity index is 0.000000112. The fourth-order valence-corrected chi connectivity index (χ4v) is 33.4. The molecule has 708 valence electrons. The third kappa shape index (κ3) is 15.2. The zero-order chi connectivity index (χ0) is 99.3.